The molecule has 2 aliphatic carbocycles. The van der Waals surface area contributed by atoms with E-state index in [1.165, 1.54) is 25.3 Å². The third kappa shape index (κ3) is 4.12. The third-order valence-electron chi connectivity index (χ3n) is 7.98. The van der Waals surface area contributed by atoms with Gasteiger partial charge in [0.15, 0.2) is 17.9 Å². The average molecular weight is 542 g/mol. The van der Waals surface area contributed by atoms with Crippen LogP contribution in [0.25, 0.3) is 0 Å². The monoisotopic (exact) mass is 541 g/mol. The first-order valence-electron chi connectivity index (χ1n) is 12.8. The minimum atomic E-state index is -1.99. The molecule has 0 bridgehead atoms. The van der Waals surface area contributed by atoms with Gasteiger partial charge in [0.25, 0.3) is 0 Å². The SMILES string of the molecule is CCC(=O)[C@]1(O)Cc2c(O)c3c(c(O)c2[C@@H](O[C@H]2C[C@H](N)C(O)[C@H](C)O2)C1)C(=O)c1c(OC)cccc1C3=O. The predicted octanol–water partition coefficient (Wildman–Crippen LogP) is 1.42. The third-order valence-corrected chi connectivity index (χ3v) is 7.98. The van der Waals surface area contributed by atoms with Crippen LogP contribution >= 0.6 is 0 Å². The molecule has 11 heteroatoms. The lowest BCUT2D eigenvalue weighted by molar-refractivity contribution is -0.247. The second-order valence-electron chi connectivity index (χ2n) is 10.4. The number of carbonyl (C=O) groups is 3. The van der Waals surface area contributed by atoms with Crippen molar-refractivity contribution in [1.82, 2.24) is 0 Å². The fourth-order valence-electron chi connectivity index (χ4n) is 5.93. The fourth-order valence-corrected chi connectivity index (χ4v) is 5.93. The van der Waals surface area contributed by atoms with Gasteiger partial charge in [0.05, 0.1) is 42.1 Å². The Labute approximate surface area is 224 Å². The number of rotatable bonds is 5. The number of hydrogen-bond acceptors (Lipinski definition) is 11. The van der Waals surface area contributed by atoms with Gasteiger partial charge < -0.3 is 40.4 Å². The van der Waals surface area contributed by atoms with E-state index in [0.29, 0.717) is 0 Å². The topological polar surface area (TPSA) is 186 Å². The summed E-state index contributed by atoms with van der Waals surface area (Å²) < 4.78 is 17.1. The summed E-state index contributed by atoms with van der Waals surface area (Å²) in [6.07, 6.45) is -4.53. The molecule has 0 aromatic heterocycles. The van der Waals surface area contributed by atoms with Crippen molar-refractivity contribution in [2.75, 3.05) is 7.11 Å². The lowest BCUT2D eigenvalue weighted by atomic mass is 9.71. The van der Waals surface area contributed by atoms with Gasteiger partial charge in [-0.15, -0.1) is 0 Å². The quantitative estimate of drug-likeness (QED) is 0.294. The van der Waals surface area contributed by atoms with Crippen molar-refractivity contribution in [1.29, 1.82) is 0 Å². The molecule has 0 amide bonds. The molecule has 5 rings (SSSR count). The average Bonchev–Trinajstić information content (AvgIpc) is 2.90. The predicted molar refractivity (Wildman–Crippen MR) is 135 cm³/mol. The summed E-state index contributed by atoms with van der Waals surface area (Å²) in [6.45, 7) is 3.19. The van der Waals surface area contributed by atoms with Crippen molar-refractivity contribution >= 4 is 17.3 Å². The minimum Gasteiger partial charge on any atom is -0.507 e. The summed E-state index contributed by atoms with van der Waals surface area (Å²) in [6, 6.07) is 3.76. The molecular weight excluding hydrogens is 510 g/mol. The van der Waals surface area contributed by atoms with Gasteiger partial charge in [0.2, 0.25) is 5.78 Å². The van der Waals surface area contributed by atoms with E-state index in [1.807, 2.05) is 0 Å². The molecule has 6 atom stereocenters. The molecule has 1 fully saturated rings. The normalized spacial score (nSPS) is 29.8. The van der Waals surface area contributed by atoms with Crippen LogP contribution in [0.5, 0.6) is 17.2 Å². The number of phenolic OH excluding ortho intramolecular Hbond substituents is 2. The maximum atomic E-state index is 13.7. The zero-order valence-corrected chi connectivity index (χ0v) is 21.8. The molecule has 0 radical (unpaired) electrons. The van der Waals surface area contributed by atoms with Gasteiger partial charge in [0, 0.05) is 48.4 Å². The van der Waals surface area contributed by atoms with Crippen LogP contribution in [0.4, 0.5) is 0 Å². The van der Waals surface area contributed by atoms with Crippen LogP contribution in [-0.4, -0.2) is 75.0 Å². The van der Waals surface area contributed by atoms with E-state index >= 15 is 0 Å². The number of ketones is 3. The molecule has 1 aliphatic heterocycles. The number of aliphatic hydroxyl groups is 2. The molecule has 11 nitrogen and oxygen atoms in total. The molecule has 0 saturated carbocycles. The Morgan fingerprint density at radius 1 is 1.15 bits per heavy atom. The van der Waals surface area contributed by atoms with Crippen LogP contribution in [-0.2, 0) is 20.7 Å². The molecule has 3 aliphatic rings. The molecular formula is C28H31NO10. The number of hydrogen-bond donors (Lipinski definition) is 5. The molecule has 39 heavy (non-hydrogen) atoms. The summed E-state index contributed by atoms with van der Waals surface area (Å²) in [5, 5.41) is 44.5. The zero-order chi connectivity index (χ0) is 28.4. The van der Waals surface area contributed by atoms with Crippen molar-refractivity contribution in [3.05, 3.63) is 51.6 Å². The van der Waals surface area contributed by atoms with Gasteiger partial charge in [-0.05, 0) is 13.0 Å². The van der Waals surface area contributed by atoms with E-state index < -0.39 is 82.6 Å². The number of aliphatic hydroxyl groups excluding tert-OH is 1. The number of ether oxygens (including phenoxy) is 3. The molecule has 2 aromatic rings. The van der Waals surface area contributed by atoms with Crippen molar-refractivity contribution in [3.8, 4) is 17.2 Å². The number of aromatic hydroxyl groups is 2. The molecule has 1 unspecified atom stereocenters. The Balaban J connectivity index is 1.69. The van der Waals surface area contributed by atoms with E-state index in [0.717, 1.165) is 0 Å². The van der Waals surface area contributed by atoms with E-state index in [2.05, 4.69) is 0 Å². The number of carbonyl (C=O) groups excluding carboxylic acids is 3. The Bertz CT molecular complexity index is 1380. The lowest BCUT2D eigenvalue weighted by Gasteiger charge is -2.42. The maximum absolute atomic E-state index is 13.7. The van der Waals surface area contributed by atoms with E-state index in [1.54, 1.807) is 13.8 Å². The molecule has 1 saturated heterocycles. The number of Topliss-reactive ketones (excluding diaryl/α,β-unsaturated/α-hetero) is 1. The summed E-state index contributed by atoms with van der Waals surface area (Å²) in [5.74, 6) is -3.07. The first-order valence-corrected chi connectivity index (χ1v) is 12.8. The fraction of sp³-hybridized carbons (Fsp3) is 0.464. The van der Waals surface area contributed by atoms with Crippen LogP contribution in [0.3, 0.4) is 0 Å². The van der Waals surface area contributed by atoms with Crippen molar-refractivity contribution in [2.24, 2.45) is 5.73 Å². The van der Waals surface area contributed by atoms with E-state index in [4.69, 9.17) is 19.9 Å². The molecule has 2 aromatic carbocycles. The standard InChI is InChI=1S/C28H31NO10/c1-4-17(30)28(36)9-13-20(16(10-28)39-18-8-14(29)23(31)11(2)38-18)27(35)22-21(25(13)33)24(32)12-6-5-7-15(37-3)19(12)26(22)34/h5-7,11,14,16,18,23,31,33,35-36H,4,8-10,29H2,1-3H3/t11-,14-,16-,18-,23?,28-/m0/s1. The minimum absolute atomic E-state index is 0.0119. The largest absolute Gasteiger partial charge is 0.507 e. The summed E-state index contributed by atoms with van der Waals surface area (Å²) in [4.78, 5) is 40.1. The number of benzene rings is 2. The van der Waals surface area contributed by atoms with Crippen LogP contribution in [0.1, 0.15) is 82.2 Å². The van der Waals surface area contributed by atoms with Crippen molar-refractivity contribution < 1.29 is 49.0 Å². The first-order chi connectivity index (χ1) is 18.4. The lowest BCUT2D eigenvalue weighted by Crippen LogP contribution is -2.52. The molecule has 1 heterocycles. The van der Waals surface area contributed by atoms with E-state index in [-0.39, 0.29) is 47.3 Å². The summed E-state index contributed by atoms with van der Waals surface area (Å²) in [7, 11) is 1.34. The van der Waals surface area contributed by atoms with Crippen LogP contribution in [0.2, 0.25) is 0 Å². The summed E-state index contributed by atoms with van der Waals surface area (Å²) >= 11 is 0. The Morgan fingerprint density at radius 3 is 2.49 bits per heavy atom. The second kappa shape index (κ2) is 9.68. The number of phenols is 2. The van der Waals surface area contributed by atoms with E-state index in [9.17, 15) is 34.8 Å². The highest BCUT2D eigenvalue weighted by Gasteiger charge is 2.49. The van der Waals surface area contributed by atoms with Crippen LogP contribution in [0, 0.1) is 0 Å². The Morgan fingerprint density at radius 2 is 1.85 bits per heavy atom. The second-order valence-corrected chi connectivity index (χ2v) is 10.4. The molecule has 0 spiro atoms. The number of nitrogens with two attached hydrogens (primary N) is 1. The van der Waals surface area contributed by atoms with Crippen molar-refractivity contribution in [3.63, 3.8) is 0 Å². The Kier molecular flexibility index (Phi) is 6.76. The van der Waals surface area contributed by atoms with Gasteiger partial charge in [0.1, 0.15) is 22.8 Å². The summed E-state index contributed by atoms with van der Waals surface area (Å²) in [5.41, 5.74) is 3.03. The zero-order valence-electron chi connectivity index (χ0n) is 21.8. The first kappa shape index (κ1) is 27.2. The number of fused-ring (bicyclic) bond motifs is 3. The maximum Gasteiger partial charge on any atom is 0.202 e. The van der Waals surface area contributed by atoms with Crippen LogP contribution in [0.15, 0.2) is 18.2 Å². The number of methoxy groups -OCH3 is 1. The smallest absolute Gasteiger partial charge is 0.202 e. The highest BCUT2D eigenvalue weighted by atomic mass is 16.7. The molecule has 208 valence electrons. The van der Waals surface area contributed by atoms with Crippen molar-refractivity contribution in [2.45, 2.75) is 75.8 Å². The Hall–Kier alpha value is -3.35. The van der Waals surface area contributed by atoms with Gasteiger partial charge in [-0.25, -0.2) is 0 Å². The van der Waals surface area contributed by atoms with Gasteiger partial charge in [-0.3, -0.25) is 14.4 Å². The van der Waals surface area contributed by atoms with Crippen LogP contribution < -0.4 is 10.5 Å². The van der Waals surface area contributed by atoms with Gasteiger partial charge in [-0.2, -0.15) is 0 Å². The van der Waals surface area contributed by atoms with Gasteiger partial charge >= 0.3 is 0 Å². The highest BCUT2D eigenvalue weighted by molar-refractivity contribution is 6.31. The highest BCUT2D eigenvalue weighted by Crippen LogP contribution is 2.52. The van der Waals surface area contributed by atoms with Gasteiger partial charge in [-0.1, -0.05) is 19.1 Å². The molecule has 6 N–H and O–H groups in total.